The minimum Gasteiger partial charge on any atom is -0.360 e. The number of nitrogens with zero attached hydrogens (tertiary/aromatic N) is 4. The second-order valence-corrected chi connectivity index (χ2v) is 9.19. The van der Waals surface area contributed by atoms with Crippen molar-refractivity contribution in [3.8, 4) is 0 Å². The number of fused-ring (bicyclic) bond motifs is 2. The molecule has 33 heavy (non-hydrogen) atoms. The van der Waals surface area contributed by atoms with Crippen molar-refractivity contribution in [2.75, 3.05) is 18.0 Å². The average molecular weight is 446 g/mol. The highest BCUT2D eigenvalue weighted by Crippen LogP contribution is 2.34. The van der Waals surface area contributed by atoms with Gasteiger partial charge in [0.25, 0.3) is 11.8 Å². The third-order valence-corrected chi connectivity index (χ3v) is 7.22. The van der Waals surface area contributed by atoms with Crippen LogP contribution in [0.2, 0.25) is 0 Å². The topological polar surface area (TPSA) is 95.3 Å². The van der Waals surface area contributed by atoms with Crippen molar-refractivity contribution in [2.24, 2.45) is 0 Å². The van der Waals surface area contributed by atoms with Gasteiger partial charge in [0, 0.05) is 30.8 Å². The standard InChI is InChI=1S/C25H27N5O3/c31-24(30-14-12-16-7-1-3-9-20(16)30)19-15-18(26-27-19)21-10-5-6-13-29(21)25(32)23-17-8-2-4-11-22(17)33-28-23/h1,3,7,9,15,21H,2,4-6,8,10-14H2,(H,26,27). The number of hydrogen-bond acceptors (Lipinski definition) is 5. The van der Waals surface area contributed by atoms with Crippen LogP contribution in [0.4, 0.5) is 5.69 Å². The third-order valence-electron chi connectivity index (χ3n) is 7.22. The summed E-state index contributed by atoms with van der Waals surface area (Å²) in [5.41, 5.74) is 4.76. The number of likely N-dealkylation sites (tertiary alicyclic amines) is 1. The number of aromatic nitrogens is 3. The zero-order valence-electron chi connectivity index (χ0n) is 18.5. The van der Waals surface area contributed by atoms with E-state index in [1.165, 1.54) is 5.56 Å². The molecule has 8 nitrogen and oxygen atoms in total. The zero-order valence-corrected chi connectivity index (χ0v) is 18.5. The molecule has 2 aliphatic heterocycles. The van der Waals surface area contributed by atoms with Gasteiger partial charge in [-0.25, -0.2) is 0 Å². The first-order valence-corrected chi connectivity index (χ1v) is 11.9. The Labute approximate surface area is 191 Å². The van der Waals surface area contributed by atoms with Crippen LogP contribution in [0.5, 0.6) is 0 Å². The van der Waals surface area contributed by atoms with Crippen molar-refractivity contribution in [1.82, 2.24) is 20.3 Å². The van der Waals surface area contributed by atoms with E-state index in [-0.39, 0.29) is 17.9 Å². The van der Waals surface area contributed by atoms with Gasteiger partial charge in [-0.1, -0.05) is 23.4 Å². The molecule has 1 atom stereocenters. The number of para-hydroxylation sites is 1. The SMILES string of the molecule is O=C(c1cc(C2CCCCN2C(=O)c2noc3c2CCCC3)[nH]n1)N1CCc2ccccc21. The van der Waals surface area contributed by atoms with Crippen molar-refractivity contribution in [3.63, 3.8) is 0 Å². The minimum absolute atomic E-state index is 0.0810. The molecule has 1 unspecified atom stereocenters. The fraction of sp³-hybridized carbons (Fsp3) is 0.440. The van der Waals surface area contributed by atoms with Crippen LogP contribution in [-0.4, -0.2) is 45.2 Å². The van der Waals surface area contributed by atoms with Crippen LogP contribution in [0.3, 0.4) is 0 Å². The molecule has 1 aromatic carbocycles. The molecule has 2 amide bonds. The number of hydrogen-bond donors (Lipinski definition) is 1. The Bertz CT molecular complexity index is 1210. The van der Waals surface area contributed by atoms with Crippen molar-refractivity contribution in [2.45, 2.75) is 57.4 Å². The van der Waals surface area contributed by atoms with Gasteiger partial charge in [-0.05, 0) is 62.6 Å². The Kier molecular flexibility index (Phi) is 5.00. The maximum Gasteiger partial charge on any atom is 0.278 e. The third kappa shape index (κ3) is 3.44. The Morgan fingerprint density at radius 1 is 1.00 bits per heavy atom. The second-order valence-electron chi connectivity index (χ2n) is 9.19. The Morgan fingerprint density at radius 2 is 1.88 bits per heavy atom. The quantitative estimate of drug-likeness (QED) is 0.661. The van der Waals surface area contributed by atoms with Crippen LogP contribution in [-0.2, 0) is 19.3 Å². The molecule has 0 bridgehead atoms. The first-order valence-electron chi connectivity index (χ1n) is 11.9. The average Bonchev–Trinajstić information content (AvgIpc) is 3.61. The summed E-state index contributed by atoms with van der Waals surface area (Å²) in [6.45, 7) is 1.32. The summed E-state index contributed by atoms with van der Waals surface area (Å²) in [5.74, 6) is 0.669. The first-order chi connectivity index (χ1) is 16.2. The van der Waals surface area contributed by atoms with Crippen molar-refractivity contribution >= 4 is 17.5 Å². The lowest BCUT2D eigenvalue weighted by Gasteiger charge is -2.34. The molecule has 8 heteroatoms. The van der Waals surface area contributed by atoms with E-state index in [9.17, 15) is 9.59 Å². The summed E-state index contributed by atoms with van der Waals surface area (Å²) in [6.07, 6.45) is 7.49. The van der Waals surface area contributed by atoms with E-state index in [0.717, 1.165) is 74.1 Å². The smallest absolute Gasteiger partial charge is 0.278 e. The molecule has 170 valence electrons. The van der Waals surface area contributed by atoms with Crippen molar-refractivity contribution in [3.05, 3.63) is 64.3 Å². The monoisotopic (exact) mass is 445 g/mol. The number of amides is 2. The van der Waals surface area contributed by atoms with Gasteiger partial charge in [0.15, 0.2) is 11.4 Å². The molecule has 0 radical (unpaired) electrons. The van der Waals surface area contributed by atoms with E-state index < -0.39 is 0 Å². The van der Waals surface area contributed by atoms with Crippen LogP contribution in [0.15, 0.2) is 34.9 Å². The van der Waals surface area contributed by atoms with E-state index in [1.807, 2.05) is 29.2 Å². The molecule has 1 N–H and O–H groups in total. The molecule has 0 spiro atoms. The van der Waals surface area contributed by atoms with Crippen molar-refractivity contribution in [1.29, 1.82) is 0 Å². The molecule has 1 saturated heterocycles. The zero-order chi connectivity index (χ0) is 22.4. The van der Waals surface area contributed by atoms with Gasteiger partial charge in [-0.3, -0.25) is 14.7 Å². The molecule has 2 aromatic heterocycles. The second kappa shape index (κ2) is 8.17. The number of anilines is 1. The fourth-order valence-corrected chi connectivity index (χ4v) is 5.49. The number of H-pyrrole nitrogens is 1. The summed E-state index contributed by atoms with van der Waals surface area (Å²) in [6, 6.07) is 9.66. The number of carbonyl (C=O) groups excluding carboxylic acids is 2. The maximum atomic E-state index is 13.5. The van der Waals surface area contributed by atoms with E-state index >= 15 is 0 Å². The van der Waals surface area contributed by atoms with Crippen LogP contribution in [0, 0.1) is 0 Å². The lowest BCUT2D eigenvalue weighted by molar-refractivity contribution is 0.0594. The molecule has 0 saturated carbocycles. The Morgan fingerprint density at radius 3 is 2.82 bits per heavy atom. The number of carbonyl (C=O) groups is 2. The molecular formula is C25H27N5O3. The van der Waals surface area contributed by atoms with E-state index in [4.69, 9.17) is 4.52 Å². The number of rotatable bonds is 3. The number of nitrogens with one attached hydrogen (secondary N) is 1. The summed E-state index contributed by atoms with van der Waals surface area (Å²) < 4.78 is 5.49. The number of benzene rings is 1. The largest absolute Gasteiger partial charge is 0.360 e. The minimum atomic E-state index is -0.151. The first kappa shape index (κ1) is 20.2. The lowest BCUT2D eigenvalue weighted by atomic mass is 9.94. The normalized spacial score (nSPS) is 19.9. The predicted molar refractivity (Wildman–Crippen MR) is 121 cm³/mol. The van der Waals surface area contributed by atoms with Gasteiger partial charge >= 0.3 is 0 Å². The van der Waals surface area contributed by atoms with Crippen LogP contribution >= 0.6 is 0 Å². The van der Waals surface area contributed by atoms with E-state index in [1.54, 1.807) is 4.90 Å². The van der Waals surface area contributed by atoms with Gasteiger partial charge in [-0.15, -0.1) is 0 Å². The molecule has 3 aromatic rings. The van der Waals surface area contributed by atoms with Gasteiger partial charge < -0.3 is 14.3 Å². The Hall–Kier alpha value is -3.42. The number of aromatic amines is 1. The predicted octanol–water partition coefficient (Wildman–Crippen LogP) is 3.85. The van der Waals surface area contributed by atoms with Crippen LogP contribution < -0.4 is 4.90 Å². The summed E-state index contributed by atoms with van der Waals surface area (Å²) in [4.78, 5) is 30.4. The number of piperidine rings is 1. The molecule has 3 aliphatic rings. The molecular weight excluding hydrogens is 418 g/mol. The van der Waals surface area contributed by atoms with Crippen LogP contribution in [0.25, 0.3) is 0 Å². The van der Waals surface area contributed by atoms with Gasteiger partial charge in [-0.2, -0.15) is 5.10 Å². The highest BCUT2D eigenvalue weighted by Gasteiger charge is 2.35. The maximum absolute atomic E-state index is 13.5. The van der Waals surface area contributed by atoms with Crippen LogP contribution in [0.1, 0.15) is 81.7 Å². The highest BCUT2D eigenvalue weighted by molar-refractivity contribution is 6.06. The van der Waals surface area contributed by atoms with Gasteiger partial charge in [0.1, 0.15) is 5.76 Å². The molecule has 1 fully saturated rings. The van der Waals surface area contributed by atoms with E-state index in [0.29, 0.717) is 24.5 Å². The Balaban J connectivity index is 1.25. The lowest BCUT2D eigenvalue weighted by Crippen LogP contribution is -2.39. The molecule has 4 heterocycles. The number of aryl methyl sites for hydroxylation is 1. The molecule has 1 aliphatic carbocycles. The summed E-state index contributed by atoms with van der Waals surface area (Å²) in [7, 11) is 0. The highest BCUT2D eigenvalue weighted by atomic mass is 16.5. The van der Waals surface area contributed by atoms with Gasteiger partial charge in [0.2, 0.25) is 0 Å². The molecule has 6 rings (SSSR count). The fourth-order valence-electron chi connectivity index (χ4n) is 5.49. The summed E-state index contributed by atoms with van der Waals surface area (Å²) >= 11 is 0. The summed E-state index contributed by atoms with van der Waals surface area (Å²) in [5, 5.41) is 11.6. The van der Waals surface area contributed by atoms with E-state index in [2.05, 4.69) is 21.4 Å². The van der Waals surface area contributed by atoms with Crippen molar-refractivity contribution < 1.29 is 14.1 Å². The van der Waals surface area contributed by atoms with Gasteiger partial charge in [0.05, 0.1) is 11.7 Å².